The molecule has 1 aromatic rings. The van der Waals surface area contributed by atoms with Crippen molar-refractivity contribution < 1.29 is 0 Å². The standard InChI is InChI=1S/C12H22N4S/c1-2-11-13-12(15-14-11)17-10-6-9-16-7-4-3-5-8-16/h2-10H2,1H3,(H,13,14,15). The van der Waals surface area contributed by atoms with Gasteiger partial charge >= 0.3 is 0 Å². The number of aryl methyl sites for hydroxylation is 1. The molecule has 0 atom stereocenters. The summed E-state index contributed by atoms with van der Waals surface area (Å²) in [4.78, 5) is 6.98. The first kappa shape index (κ1) is 12.9. The van der Waals surface area contributed by atoms with Crippen LogP contribution in [0.15, 0.2) is 5.16 Å². The summed E-state index contributed by atoms with van der Waals surface area (Å²) in [5.41, 5.74) is 0. The van der Waals surface area contributed by atoms with Gasteiger partial charge in [0, 0.05) is 12.2 Å². The van der Waals surface area contributed by atoms with Crippen LogP contribution < -0.4 is 0 Å². The van der Waals surface area contributed by atoms with Crippen LogP contribution in [-0.2, 0) is 6.42 Å². The second kappa shape index (κ2) is 7.01. The number of aromatic amines is 1. The summed E-state index contributed by atoms with van der Waals surface area (Å²) in [7, 11) is 0. The van der Waals surface area contributed by atoms with Gasteiger partial charge in [0.2, 0.25) is 5.16 Å². The highest BCUT2D eigenvalue weighted by molar-refractivity contribution is 7.99. The molecule has 1 fully saturated rings. The smallest absolute Gasteiger partial charge is 0.208 e. The summed E-state index contributed by atoms with van der Waals surface area (Å²) in [6.07, 6.45) is 6.35. The van der Waals surface area contributed by atoms with Crippen molar-refractivity contribution in [3.63, 3.8) is 0 Å². The van der Waals surface area contributed by atoms with E-state index in [-0.39, 0.29) is 0 Å². The number of hydrogen-bond donors (Lipinski definition) is 1. The molecule has 0 unspecified atom stereocenters. The maximum atomic E-state index is 4.40. The van der Waals surface area contributed by atoms with Gasteiger partial charge in [-0.3, -0.25) is 5.10 Å². The largest absolute Gasteiger partial charge is 0.303 e. The third-order valence-corrected chi connectivity index (χ3v) is 4.08. The summed E-state index contributed by atoms with van der Waals surface area (Å²) in [6.45, 7) is 5.92. The Morgan fingerprint density at radius 3 is 2.82 bits per heavy atom. The van der Waals surface area contributed by atoms with Gasteiger partial charge in [-0.2, -0.15) is 0 Å². The Morgan fingerprint density at radius 2 is 2.12 bits per heavy atom. The minimum atomic E-state index is 0.903. The zero-order valence-corrected chi connectivity index (χ0v) is 11.4. The lowest BCUT2D eigenvalue weighted by atomic mass is 10.1. The molecule has 1 saturated heterocycles. The van der Waals surface area contributed by atoms with Gasteiger partial charge in [-0.1, -0.05) is 25.1 Å². The first-order chi connectivity index (χ1) is 8.38. The summed E-state index contributed by atoms with van der Waals surface area (Å²) in [5.74, 6) is 2.11. The maximum absolute atomic E-state index is 4.40. The molecule has 0 spiro atoms. The lowest BCUT2D eigenvalue weighted by Crippen LogP contribution is -2.30. The number of nitrogens with zero attached hydrogens (tertiary/aromatic N) is 3. The molecule has 0 bridgehead atoms. The number of thioether (sulfide) groups is 1. The Bertz CT molecular complexity index is 320. The van der Waals surface area contributed by atoms with E-state index in [1.165, 1.54) is 45.3 Å². The van der Waals surface area contributed by atoms with Crippen LogP contribution >= 0.6 is 11.8 Å². The third-order valence-electron chi connectivity index (χ3n) is 3.14. The summed E-state index contributed by atoms with van der Waals surface area (Å²) in [6, 6.07) is 0. The summed E-state index contributed by atoms with van der Waals surface area (Å²) in [5, 5.41) is 8.04. The van der Waals surface area contributed by atoms with Gasteiger partial charge in [0.05, 0.1) is 0 Å². The number of piperidine rings is 1. The molecule has 5 heteroatoms. The molecule has 0 radical (unpaired) electrons. The molecule has 0 saturated carbocycles. The van der Waals surface area contributed by atoms with Crippen LogP contribution in [0.5, 0.6) is 0 Å². The molecule has 2 rings (SSSR count). The van der Waals surface area contributed by atoms with E-state index in [0.717, 1.165) is 23.2 Å². The first-order valence-electron chi connectivity index (χ1n) is 6.65. The predicted molar refractivity (Wildman–Crippen MR) is 71.4 cm³/mol. The van der Waals surface area contributed by atoms with Gasteiger partial charge in [-0.05, 0) is 38.9 Å². The molecule has 2 heterocycles. The first-order valence-corrected chi connectivity index (χ1v) is 7.63. The lowest BCUT2D eigenvalue weighted by molar-refractivity contribution is 0.230. The number of H-pyrrole nitrogens is 1. The Kier molecular flexibility index (Phi) is 5.32. The zero-order valence-electron chi connectivity index (χ0n) is 10.6. The fourth-order valence-electron chi connectivity index (χ4n) is 2.14. The Morgan fingerprint density at radius 1 is 1.29 bits per heavy atom. The number of nitrogens with one attached hydrogen (secondary N) is 1. The van der Waals surface area contributed by atoms with E-state index >= 15 is 0 Å². The van der Waals surface area contributed by atoms with Gasteiger partial charge in [0.15, 0.2) is 0 Å². The predicted octanol–water partition coefficient (Wildman–Crippen LogP) is 2.34. The topological polar surface area (TPSA) is 44.8 Å². The van der Waals surface area contributed by atoms with Crippen molar-refractivity contribution in [3.8, 4) is 0 Å². The van der Waals surface area contributed by atoms with E-state index in [1.807, 2.05) is 0 Å². The molecule has 1 N–H and O–H groups in total. The highest BCUT2D eigenvalue weighted by Crippen LogP contribution is 2.15. The number of aromatic nitrogens is 3. The molecule has 1 aromatic heterocycles. The van der Waals surface area contributed by atoms with Crippen molar-refractivity contribution in [2.24, 2.45) is 0 Å². The highest BCUT2D eigenvalue weighted by atomic mass is 32.2. The average Bonchev–Trinajstić information content (AvgIpc) is 2.84. The van der Waals surface area contributed by atoms with Crippen LogP contribution in [0.2, 0.25) is 0 Å². The SMILES string of the molecule is CCc1nc(SCCCN2CCCCC2)n[nH]1. The zero-order chi connectivity index (χ0) is 11.9. The van der Waals surface area contributed by atoms with Gasteiger partial charge in [-0.15, -0.1) is 5.10 Å². The molecule has 0 aliphatic carbocycles. The monoisotopic (exact) mass is 254 g/mol. The van der Waals surface area contributed by atoms with E-state index in [1.54, 1.807) is 11.8 Å². The van der Waals surface area contributed by atoms with Crippen LogP contribution in [0.4, 0.5) is 0 Å². The average molecular weight is 254 g/mol. The minimum Gasteiger partial charge on any atom is -0.303 e. The van der Waals surface area contributed by atoms with Crippen LogP contribution in [0.3, 0.4) is 0 Å². The van der Waals surface area contributed by atoms with Crippen molar-refractivity contribution in [3.05, 3.63) is 5.82 Å². The third kappa shape index (κ3) is 4.32. The number of likely N-dealkylation sites (tertiary alicyclic amines) is 1. The van der Waals surface area contributed by atoms with Crippen LogP contribution in [0, 0.1) is 0 Å². The number of rotatable bonds is 6. The Balaban J connectivity index is 1.59. The van der Waals surface area contributed by atoms with E-state index in [0.29, 0.717) is 0 Å². The molecule has 0 amide bonds. The normalized spacial score (nSPS) is 17.5. The maximum Gasteiger partial charge on any atom is 0.208 e. The van der Waals surface area contributed by atoms with Crippen molar-refractivity contribution in [2.45, 2.75) is 44.2 Å². The fraction of sp³-hybridized carbons (Fsp3) is 0.833. The molecule has 17 heavy (non-hydrogen) atoms. The van der Waals surface area contributed by atoms with E-state index in [2.05, 4.69) is 27.0 Å². The van der Waals surface area contributed by atoms with Crippen molar-refractivity contribution in [1.29, 1.82) is 0 Å². The van der Waals surface area contributed by atoms with E-state index in [4.69, 9.17) is 0 Å². The molecular formula is C12H22N4S. The van der Waals surface area contributed by atoms with Gasteiger partial charge in [0.25, 0.3) is 0 Å². The molecular weight excluding hydrogens is 232 g/mol. The second-order valence-electron chi connectivity index (χ2n) is 4.52. The van der Waals surface area contributed by atoms with Crippen LogP contribution in [0.1, 0.15) is 38.4 Å². The van der Waals surface area contributed by atoms with Crippen molar-refractivity contribution in [1.82, 2.24) is 20.1 Å². The molecule has 96 valence electrons. The summed E-state index contributed by atoms with van der Waals surface area (Å²) >= 11 is 1.77. The lowest BCUT2D eigenvalue weighted by Gasteiger charge is -2.26. The molecule has 1 aliphatic rings. The van der Waals surface area contributed by atoms with Crippen molar-refractivity contribution >= 4 is 11.8 Å². The fourth-order valence-corrected chi connectivity index (χ4v) is 2.88. The van der Waals surface area contributed by atoms with Crippen molar-refractivity contribution in [2.75, 3.05) is 25.4 Å². The quantitative estimate of drug-likeness (QED) is 0.625. The van der Waals surface area contributed by atoms with E-state index in [9.17, 15) is 0 Å². The highest BCUT2D eigenvalue weighted by Gasteiger charge is 2.09. The van der Waals surface area contributed by atoms with Crippen LogP contribution in [-0.4, -0.2) is 45.5 Å². The Labute approximate surface area is 108 Å². The molecule has 0 aromatic carbocycles. The van der Waals surface area contributed by atoms with Crippen LogP contribution in [0.25, 0.3) is 0 Å². The minimum absolute atomic E-state index is 0.903. The Hall–Kier alpha value is -0.550. The van der Waals surface area contributed by atoms with Gasteiger partial charge < -0.3 is 4.90 Å². The second-order valence-corrected chi connectivity index (χ2v) is 5.58. The van der Waals surface area contributed by atoms with Gasteiger partial charge in [-0.25, -0.2) is 4.98 Å². The number of hydrogen-bond acceptors (Lipinski definition) is 4. The molecule has 4 nitrogen and oxygen atoms in total. The van der Waals surface area contributed by atoms with E-state index < -0.39 is 0 Å². The summed E-state index contributed by atoms with van der Waals surface area (Å²) < 4.78 is 0. The molecule has 1 aliphatic heterocycles. The van der Waals surface area contributed by atoms with Gasteiger partial charge in [0.1, 0.15) is 5.82 Å².